The number of amides is 1. The number of carbonyl (C=O) groups is 1. The molecule has 0 bridgehead atoms. The zero-order valence-corrected chi connectivity index (χ0v) is 19.6. The van der Waals surface area contributed by atoms with E-state index in [1.54, 1.807) is 18.9 Å². The number of benzene rings is 2. The van der Waals surface area contributed by atoms with E-state index in [1.165, 1.54) is 10.5 Å². The van der Waals surface area contributed by atoms with Gasteiger partial charge in [0.15, 0.2) is 5.69 Å². The van der Waals surface area contributed by atoms with Crippen molar-refractivity contribution < 1.29 is 14.3 Å². The third kappa shape index (κ3) is 4.56. The van der Waals surface area contributed by atoms with Crippen molar-refractivity contribution in [2.75, 3.05) is 46.6 Å². The van der Waals surface area contributed by atoms with Crippen molar-refractivity contribution in [2.24, 2.45) is 0 Å². The molecule has 2 aromatic carbocycles. The lowest BCUT2D eigenvalue weighted by Gasteiger charge is -2.26. The van der Waals surface area contributed by atoms with Gasteiger partial charge in [-0.05, 0) is 23.8 Å². The smallest absolute Gasteiger partial charge is 0.274 e. The van der Waals surface area contributed by atoms with Gasteiger partial charge in [-0.15, -0.1) is 11.8 Å². The first-order valence-electron chi connectivity index (χ1n) is 11.3. The normalized spacial score (nSPS) is 15.2. The predicted molar refractivity (Wildman–Crippen MR) is 129 cm³/mol. The highest BCUT2D eigenvalue weighted by Crippen LogP contribution is 2.43. The van der Waals surface area contributed by atoms with Crippen LogP contribution in [0.15, 0.2) is 53.4 Å². The zero-order chi connectivity index (χ0) is 22.6. The second-order valence-electron chi connectivity index (χ2n) is 8.11. The second kappa shape index (κ2) is 10.1. The number of carbonyl (C=O) groups excluding carboxylic acids is 1. The Labute approximate surface area is 198 Å². The topological polar surface area (TPSA) is 68.6 Å². The lowest BCUT2D eigenvalue weighted by atomic mass is 10.0. The highest BCUT2D eigenvalue weighted by Gasteiger charge is 2.31. The Hall–Kier alpha value is -2.65. The van der Waals surface area contributed by atoms with Crippen molar-refractivity contribution in [1.29, 1.82) is 0 Å². The van der Waals surface area contributed by atoms with E-state index in [-0.39, 0.29) is 5.91 Å². The molecule has 8 heteroatoms. The van der Waals surface area contributed by atoms with Crippen molar-refractivity contribution in [3.8, 4) is 16.9 Å². The van der Waals surface area contributed by atoms with Crippen molar-refractivity contribution in [1.82, 2.24) is 20.0 Å². The Morgan fingerprint density at radius 2 is 1.94 bits per heavy atom. The first-order chi connectivity index (χ1) is 16.3. The summed E-state index contributed by atoms with van der Waals surface area (Å²) in [6.07, 6.45) is 0. The van der Waals surface area contributed by atoms with Crippen LogP contribution in [0.3, 0.4) is 0 Å². The number of fused-ring (bicyclic) bond motifs is 3. The Morgan fingerprint density at radius 1 is 1.15 bits per heavy atom. The molecule has 172 valence electrons. The van der Waals surface area contributed by atoms with E-state index in [0.717, 1.165) is 41.4 Å². The number of hydrogen-bond acceptors (Lipinski definition) is 6. The summed E-state index contributed by atoms with van der Waals surface area (Å²) >= 11 is 1.77. The largest absolute Gasteiger partial charge is 0.383 e. The Bertz CT molecular complexity index is 1120. The number of methoxy groups -OCH3 is 1. The lowest BCUT2D eigenvalue weighted by Crippen LogP contribution is -2.41. The molecular formula is C25H28N4O3S. The Balaban J connectivity index is 1.51. The first kappa shape index (κ1) is 22.2. The highest BCUT2D eigenvalue weighted by molar-refractivity contribution is 7.98. The van der Waals surface area contributed by atoms with Gasteiger partial charge in [0, 0.05) is 55.1 Å². The molecule has 0 aliphatic carbocycles. The number of nitrogens with zero attached hydrogens (tertiary/aromatic N) is 3. The van der Waals surface area contributed by atoms with Crippen LogP contribution in [0.1, 0.15) is 21.6 Å². The number of ether oxygens (including phenoxy) is 2. The number of thioether (sulfide) groups is 1. The van der Waals surface area contributed by atoms with Gasteiger partial charge in [-0.25, -0.2) is 4.68 Å². The number of rotatable bonds is 7. The van der Waals surface area contributed by atoms with Gasteiger partial charge < -0.3 is 19.7 Å². The maximum absolute atomic E-state index is 13.4. The average molecular weight is 465 g/mol. The van der Waals surface area contributed by atoms with E-state index >= 15 is 0 Å². The fraction of sp³-hybridized carbons (Fsp3) is 0.360. The minimum Gasteiger partial charge on any atom is -0.383 e. The van der Waals surface area contributed by atoms with E-state index in [0.29, 0.717) is 38.6 Å². The number of morpholine rings is 1. The molecule has 1 N–H and O–H groups in total. The molecular weight excluding hydrogens is 436 g/mol. The van der Waals surface area contributed by atoms with Gasteiger partial charge in [0.25, 0.3) is 5.91 Å². The molecule has 1 aromatic heterocycles. The molecule has 0 radical (unpaired) electrons. The molecule has 0 atom stereocenters. The summed E-state index contributed by atoms with van der Waals surface area (Å²) in [7, 11) is 1.70. The number of nitrogens with one attached hydrogen (secondary N) is 1. The molecule has 1 fully saturated rings. The first-order valence-corrected chi connectivity index (χ1v) is 12.2. The van der Waals surface area contributed by atoms with E-state index in [1.807, 2.05) is 15.6 Å². The lowest BCUT2D eigenvalue weighted by molar-refractivity contribution is 0.0298. The van der Waals surface area contributed by atoms with Gasteiger partial charge in [-0.2, -0.15) is 5.10 Å². The minimum atomic E-state index is -0.00718. The summed E-state index contributed by atoms with van der Waals surface area (Å²) < 4.78 is 12.5. The fourth-order valence-corrected chi connectivity index (χ4v) is 5.31. The van der Waals surface area contributed by atoms with E-state index in [9.17, 15) is 4.79 Å². The second-order valence-corrected chi connectivity index (χ2v) is 9.13. The third-order valence-electron chi connectivity index (χ3n) is 5.99. The molecule has 7 nitrogen and oxygen atoms in total. The van der Waals surface area contributed by atoms with Crippen molar-refractivity contribution in [3.63, 3.8) is 0 Å². The Morgan fingerprint density at radius 3 is 2.73 bits per heavy atom. The summed E-state index contributed by atoms with van der Waals surface area (Å²) in [5.74, 6) is 0.728. The van der Waals surface area contributed by atoms with Gasteiger partial charge in [0.2, 0.25) is 0 Å². The van der Waals surface area contributed by atoms with Crippen LogP contribution in [-0.2, 0) is 21.8 Å². The highest BCUT2D eigenvalue weighted by atomic mass is 32.2. The molecule has 3 heterocycles. The van der Waals surface area contributed by atoms with Gasteiger partial charge >= 0.3 is 0 Å². The van der Waals surface area contributed by atoms with Gasteiger partial charge in [0.1, 0.15) is 0 Å². The maximum atomic E-state index is 13.4. The third-order valence-corrected chi connectivity index (χ3v) is 7.09. The molecule has 0 saturated carbocycles. The summed E-state index contributed by atoms with van der Waals surface area (Å²) in [5.41, 5.74) is 5.86. The number of hydrogen-bond donors (Lipinski definition) is 1. The standard InChI is InChI=1S/C25H28N4O3S/c1-31-13-10-26-16-18-6-8-19(9-7-18)29-24-20-4-2-3-5-22(20)33-17-21(24)23(27-29)25(30)28-11-14-32-15-12-28/h2-9,26H,10-17H2,1H3. The van der Waals surface area contributed by atoms with Crippen LogP contribution < -0.4 is 5.32 Å². The van der Waals surface area contributed by atoms with Crippen molar-refractivity contribution in [2.45, 2.75) is 17.2 Å². The van der Waals surface area contributed by atoms with Gasteiger partial charge in [0.05, 0.1) is 31.2 Å². The zero-order valence-electron chi connectivity index (χ0n) is 18.8. The fourth-order valence-electron chi connectivity index (χ4n) is 4.24. The molecule has 3 aromatic rings. The molecule has 5 rings (SSSR count). The summed E-state index contributed by atoms with van der Waals surface area (Å²) in [6, 6.07) is 16.7. The van der Waals surface area contributed by atoms with Gasteiger partial charge in [-0.1, -0.05) is 30.3 Å². The van der Waals surface area contributed by atoms with Crippen LogP contribution in [-0.4, -0.2) is 67.2 Å². The molecule has 0 spiro atoms. The quantitative estimate of drug-likeness (QED) is 0.541. The van der Waals surface area contributed by atoms with Crippen LogP contribution >= 0.6 is 11.8 Å². The molecule has 1 saturated heterocycles. The summed E-state index contributed by atoms with van der Waals surface area (Å²) in [5, 5.41) is 8.26. The van der Waals surface area contributed by atoms with Crippen molar-refractivity contribution in [3.05, 3.63) is 65.4 Å². The van der Waals surface area contributed by atoms with Crippen LogP contribution in [0, 0.1) is 0 Å². The van der Waals surface area contributed by atoms with Gasteiger partial charge in [-0.3, -0.25) is 4.79 Å². The van der Waals surface area contributed by atoms with Crippen LogP contribution in [0.25, 0.3) is 16.9 Å². The molecule has 2 aliphatic rings. The minimum absolute atomic E-state index is 0.00718. The van der Waals surface area contributed by atoms with Crippen LogP contribution in [0.5, 0.6) is 0 Å². The molecule has 33 heavy (non-hydrogen) atoms. The Kier molecular flexibility index (Phi) is 6.78. The van der Waals surface area contributed by atoms with Crippen LogP contribution in [0.2, 0.25) is 0 Å². The number of aromatic nitrogens is 2. The van der Waals surface area contributed by atoms with E-state index < -0.39 is 0 Å². The SMILES string of the molecule is COCCNCc1ccc(-n2nc(C(=O)N3CCOCC3)c3c2-c2ccccc2SC3)cc1. The van der Waals surface area contributed by atoms with Crippen LogP contribution in [0.4, 0.5) is 0 Å². The maximum Gasteiger partial charge on any atom is 0.274 e. The molecule has 2 aliphatic heterocycles. The molecule has 1 amide bonds. The van der Waals surface area contributed by atoms with E-state index in [2.05, 4.69) is 47.8 Å². The van der Waals surface area contributed by atoms with Crippen molar-refractivity contribution >= 4 is 17.7 Å². The average Bonchev–Trinajstić information content (AvgIpc) is 3.27. The molecule has 0 unspecified atom stereocenters. The predicted octanol–water partition coefficient (Wildman–Crippen LogP) is 3.35. The summed E-state index contributed by atoms with van der Waals surface area (Å²) in [4.78, 5) is 16.5. The van der Waals surface area contributed by atoms with E-state index in [4.69, 9.17) is 14.6 Å². The summed E-state index contributed by atoms with van der Waals surface area (Å²) in [6.45, 7) is 4.64. The monoisotopic (exact) mass is 464 g/mol.